The number of esters is 1. The second kappa shape index (κ2) is 11.2. The first-order valence-electron chi connectivity index (χ1n) is 14.4. The van der Waals surface area contributed by atoms with Crippen molar-refractivity contribution >= 4 is 46.6 Å². The molecule has 47 heavy (non-hydrogen) atoms. The average molecular weight is 645 g/mol. The van der Waals surface area contributed by atoms with Crippen LogP contribution in [0.15, 0.2) is 36.4 Å². The van der Waals surface area contributed by atoms with Crippen LogP contribution in [-0.4, -0.2) is 88.7 Å². The van der Waals surface area contributed by atoms with Gasteiger partial charge in [0.05, 0.1) is 23.2 Å². The van der Waals surface area contributed by atoms with E-state index in [2.05, 4.69) is 10.1 Å². The Kier molecular flexibility index (Phi) is 7.88. The Morgan fingerprint density at radius 2 is 1.70 bits per heavy atom. The summed E-state index contributed by atoms with van der Waals surface area (Å²) < 4.78 is 4.68. The van der Waals surface area contributed by atoms with Crippen LogP contribution in [0, 0.1) is 28.6 Å². The molecule has 15 nitrogen and oxygen atoms in total. The number of nitrogens with two attached hydrogens (primary N) is 3. The Balaban J connectivity index is 1.62. The van der Waals surface area contributed by atoms with Crippen molar-refractivity contribution in [1.29, 1.82) is 5.26 Å². The van der Waals surface area contributed by atoms with Crippen LogP contribution in [-0.2, 0) is 39.9 Å². The lowest BCUT2D eigenvalue weighted by Crippen LogP contribution is -2.85. The van der Waals surface area contributed by atoms with E-state index in [9.17, 15) is 43.9 Å². The normalized spacial score (nSPS) is 29.7. The summed E-state index contributed by atoms with van der Waals surface area (Å²) in [6, 6.07) is 9.30. The number of phenolic OH excluding ortho intramolecular Hbond substituents is 1. The Morgan fingerprint density at radius 3 is 2.26 bits per heavy atom. The monoisotopic (exact) mass is 644 g/mol. The molecule has 2 unspecified atom stereocenters. The van der Waals surface area contributed by atoms with Crippen LogP contribution in [0.2, 0.25) is 0 Å². The summed E-state index contributed by atoms with van der Waals surface area (Å²) in [5, 5.41) is 24.0. The van der Waals surface area contributed by atoms with Gasteiger partial charge in [-0.15, -0.1) is 0 Å². The number of rotatable bonds is 6. The summed E-state index contributed by atoms with van der Waals surface area (Å²) in [6.07, 6.45) is -0.777. The molecule has 2 aromatic carbocycles. The molecule has 0 heterocycles. The van der Waals surface area contributed by atoms with Crippen molar-refractivity contribution in [1.82, 2.24) is 4.90 Å². The van der Waals surface area contributed by atoms with Gasteiger partial charge in [-0.05, 0) is 61.8 Å². The number of nitriles is 1. The minimum atomic E-state index is -2.83. The SMILES string of the molecule is CC(=O)OCC(=O)Nc1ccc(-c2ccc(O)c3c2C[C@@]2(N)C[C@@]4(N)[C@H](N(C)C)C(=O)C(C(N)=O)C(=O)[C@@]4(C#N)C(=O)C2C3=O)cc1. The maximum absolute atomic E-state index is 14.5. The van der Waals surface area contributed by atoms with Gasteiger partial charge in [0.2, 0.25) is 5.91 Å². The topological polar surface area (TPSA) is 266 Å². The third-order valence-electron chi connectivity index (χ3n) is 9.36. The maximum atomic E-state index is 14.5. The molecule has 0 radical (unpaired) electrons. The van der Waals surface area contributed by atoms with E-state index < -0.39 is 94.1 Å². The number of hydrogen-bond acceptors (Lipinski definition) is 13. The number of hydrogen-bond donors (Lipinski definition) is 5. The number of fused-ring (bicyclic) bond motifs is 3. The number of phenols is 1. The summed E-state index contributed by atoms with van der Waals surface area (Å²) in [5.41, 5.74) is 13.6. The van der Waals surface area contributed by atoms with E-state index in [1.807, 2.05) is 0 Å². The minimum absolute atomic E-state index is 0.239. The number of benzene rings is 2. The summed E-state index contributed by atoms with van der Waals surface area (Å²) in [4.78, 5) is 92.8. The van der Waals surface area contributed by atoms with Crippen molar-refractivity contribution in [3.8, 4) is 22.9 Å². The van der Waals surface area contributed by atoms with Crippen LogP contribution < -0.4 is 22.5 Å². The van der Waals surface area contributed by atoms with Crippen LogP contribution >= 0.6 is 0 Å². The first-order chi connectivity index (χ1) is 21.9. The number of ketones is 4. The van der Waals surface area contributed by atoms with Crippen LogP contribution in [0.25, 0.3) is 11.1 Å². The standard InChI is InChI=1S/C32H32N6O9/c1-14(39)47-11-20(41)37-16-6-4-15(5-7-16)17-8-9-19(40)21-18(17)10-30(35)12-32(36)26(38(2)3)25(43)22(29(34)46)27(44)31(32,13-33)28(45)23(30)24(21)42/h4-9,22-23,26,40H,10-12,35-36H2,1-3H3,(H2,34,46)(H,37,41)/t22?,23?,26-,30-,31+,32-/m1/s1. The van der Waals surface area contributed by atoms with Gasteiger partial charge >= 0.3 is 5.97 Å². The number of likely N-dealkylation sites (N-methyl/N-ethyl adjacent to an activating group) is 1. The predicted molar refractivity (Wildman–Crippen MR) is 162 cm³/mol. The van der Waals surface area contributed by atoms with Crippen LogP contribution in [0.1, 0.15) is 29.3 Å². The zero-order valence-electron chi connectivity index (χ0n) is 25.7. The Morgan fingerprint density at radius 1 is 1.06 bits per heavy atom. The summed E-state index contributed by atoms with van der Waals surface area (Å²) in [7, 11) is 2.85. The lowest BCUT2D eigenvalue weighted by molar-refractivity contribution is -0.166. The van der Waals surface area contributed by atoms with Crippen molar-refractivity contribution in [3.05, 3.63) is 47.5 Å². The highest BCUT2D eigenvalue weighted by atomic mass is 16.5. The van der Waals surface area contributed by atoms with Crippen molar-refractivity contribution in [2.24, 2.45) is 34.5 Å². The molecule has 15 heteroatoms. The molecule has 0 aliphatic heterocycles. The van der Waals surface area contributed by atoms with Gasteiger partial charge in [-0.1, -0.05) is 18.2 Å². The van der Waals surface area contributed by atoms with Crippen LogP contribution in [0.3, 0.4) is 0 Å². The van der Waals surface area contributed by atoms with E-state index >= 15 is 0 Å². The van der Waals surface area contributed by atoms with Gasteiger partial charge in [0, 0.05) is 18.2 Å². The number of carbonyl (C=O) groups excluding carboxylic acids is 7. The zero-order valence-corrected chi connectivity index (χ0v) is 25.7. The number of primary amides is 1. The molecule has 0 spiro atoms. The smallest absolute Gasteiger partial charge is 0.303 e. The van der Waals surface area contributed by atoms with Crippen molar-refractivity contribution in [2.75, 3.05) is 26.0 Å². The van der Waals surface area contributed by atoms with E-state index in [0.29, 0.717) is 16.8 Å². The number of ether oxygens (including phenoxy) is 1. The molecule has 3 aliphatic rings. The molecular weight excluding hydrogens is 612 g/mol. The first-order valence-corrected chi connectivity index (χ1v) is 14.4. The van der Waals surface area contributed by atoms with Crippen molar-refractivity contribution in [2.45, 2.75) is 36.9 Å². The minimum Gasteiger partial charge on any atom is -0.507 e. The molecule has 2 aromatic rings. The van der Waals surface area contributed by atoms with Gasteiger partial charge in [0.15, 0.2) is 41.1 Å². The van der Waals surface area contributed by atoms with Gasteiger partial charge in [0.25, 0.3) is 5.91 Å². The van der Waals surface area contributed by atoms with Gasteiger partial charge in [0.1, 0.15) is 11.7 Å². The highest BCUT2D eigenvalue weighted by Crippen LogP contribution is 2.57. The quantitative estimate of drug-likeness (QED) is 0.186. The largest absolute Gasteiger partial charge is 0.507 e. The maximum Gasteiger partial charge on any atom is 0.303 e. The number of nitrogens with one attached hydrogen (secondary N) is 1. The highest BCUT2D eigenvalue weighted by molar-refractivity contribution is 6.33. The second-order valence-electron chi connectivity index (χ2n) is 12.5. The lowest BCUT2D eigenvalue weighted by Gasteiger charge is -2.60. The van der Waals surface area contributed by atoms with Gasteiger partial charge in [-0.3, -0.25) is 38.5 Å². The molecule has 3 aliphatic carbocycles. The molecule has 2 amide bonds. The lowest BCUT2D eigenvalue weighted by atomic mass is 9.42. The van der Waals surface area contributed by atoms with E-state index in [1.165, 1.54) is 38.1 Å². The van der Waals surface area contributed by atoms with Crippen LogP contribution in [0.5, 0.6) is 5.75 Å². The third kappa shape index (κ3) is 4.72. The third-order valence-corrected chi connectivity index (χ3v) is 9.36. The summed E-state index contributed by atoms with van der Waals surface area (Å²) in [5.74, 6) is -11.6. The highest BCUT2D eigenvalue weighted by Gasteiger charge is 2.78. The molecule has 0 bridgehead atoms. The number of aromatic hydroxyl groups is 1. The average Bonchev–Trinajstić information content (AvgIpc) is 2.95. The molecule has 2 saturated carbocycles. The molecule has 8 N–H and O–H groups in total. The fraction of sp³-hybridized carbons (Fsp3) is 0.375. The van der Waals surface area contributed by atoms with E-state index in [1.54, 1.807) is 30.3 Å². The molecule has 6 atom stereocenters. The number of Topliss-reactive ketones (excluding diaryl/α,β-unsaturated/α-hetero) is 4. The molecule has 5 rings (SSSR count). The Bertz CT molecular complexity index is 1830. The zero-order chi connectivity index (χ0) is 34.8. The Hall–Kier alpha value is -5.30. The second-order valence-corrected chi connectivity index (χ2v) is 12.5. The summed E-state index contributed by atoms with van der Waals surface area (Å²) in [6.45, 7) is 0.692. The van der Waals surface area contributed by atoms with Crippen molar-refractivity contribution < 1.29 is 43.4 Å². The number of nitrogens with zero attached hydrogens (tertiary/aromatic N) is 2. The van der Waals surface area contributed by atoms with E-state index in [4.69, 9.17) is 17.2 Å². The number of anilines is 1. The summed E-state index contributed by atoms with van der Waals surface area (Å²) >= 11 is 0. The fourth-order valence-electron chi connectivity index (χ4n) is 7.58. The molecular formula is C32H32N6O9. The van der Waals surface area contributed by atoms with Gasteiger partial charge < -0.3 is 32.4 Å². The molecule has 0 saturated heterocycles. The molecule has 0 aromatic heterocycles. The fourth-order valence-corrected chi connectivity index (χ4v) is 7.58. The van der Waals surface area contributed by atoms with Crippen LogP contribution in [0.4, 0.5) is 5.69 Å². The molecule has 2 fully saturated rings. The first kappa shape index (κ1) is 33.1. The number of carbonyl (C=O) groups is 7. The van der Waals surface area contributed by atoms with Gasteiger partial charge in [-0.25, -0.2) is 0 Å². The van der Waals surface area contributed by atoms with Crippen molar-refractivity contribution in [3.63, 3.8) is 0 Å². The number of amides is 2. The predicted octanol–water partition coefficient (Wildman–Crippen LogP) is -1.02. The van der Waals surface area contributed by atoms with E-state index in [0.717, 1.165) is 0 Å². The molecule has 244 valence electrons. The Labute approximate surface area is 268 Å². The van der Waals surface area contributed by atoms with E-state index in [-0.39, 0.29) is 17.5 Å². The van der Waals surface area contributed by atoms with Gasteiger partial charge in [-0.2, -0.15) is 5.26 Å².